The van der Waals surface area contributed by atoms with Crippen molar-refractivity contribution in [1.29, 1.82) is 0 Å². The third-order valence-electron chi connectivity index (χ3n) is 0.961. The van der Waals surface area contributed by atoms with Crippen LogP contribution in [0.1, 0.15) is 12.8 Å². The van der Waals surface area contributed by atoms with Gasteiger partial charge in [-0.05, 0) is 0 Å². The standard InChI is InChI=1S/C6H7NO.ClH/c8-6-2-1-4-7-5-3-6;/h1,4-5H,2-3H2;1H. The van der Waals surface area contributed by atoms with Crippen molar-refractivity contribution < 1.29 is 4.79 Å². The minimum absolute atomic E-state index is 0. The van der Waals surface area contributed by atoms with Crippen molar-refractivity contribution in [3.63, 3.8) is 0 Å². The van der Waals surface area contributed by atoms with E-state index in [0.717, 1.165) is 0 Å². The van der Waals surface area contributed by atoms with Crippen LogP contribution in [0, 0.1) is 0 Å². The summed E-state index contributed by atoms with van der Waals surface area (Å²) in [7, 11) is 0. The van der Waals surface area contributed by atoms with E-state index < -0.39 is 0 Å². The van der Waals surface area contributed by atoms with Crippen LogP contribution < -0.4 is 0 Å². The molecule has 0 bridgehead atoms. The lowest BCUT2D eigenvalue weighted by Crippen LogP contribution is -1.92. The lowest BCUT2D eigenvalue weighted by molar-refractivity contribution is -0.117. The molecule has 0 aromatic rings. The Morgan fingerprint density at radius 2 is 2.22 bits per heavy atom. The molecule has 0 fully saturated rings. The van der Waals surface area contributed by atoms with Crippen LogP contribution in [-0.2, 0) is 4.79 Å². The molecular formula is C6H8ClNO. The molecule has 3 heteroatoms. The number of Topliss-reactive ketones (excluding diaryl/α,β-unsaturated/α-hetero) is 1. The number of nitrogens with zero attached hydrogens (tertiary/aromatic N) is 1. The summed E-state index contributed by atoms with van der Waals surface area (Å²) in [5.41, 5.74) is 0. The van der Waals surface area contributed by atoms with Gasteiger partial charge in [0.1, 0.15) is 5.78 Å². The van der Waals surface area contributed by atoms with E-state index in [0.29, 0.717) is 12.8 Å². The molecule has 0 spiro atoms. The average molecular weight is 146 g/mol. The molecule has 1 rings (SSSR count). The van der Waals surface area contributed by atoms with Gasteiger partial charge in [0.15, 0.2) is 0 Å². The van der Waals surface area contributed by atoms with E-state index in [-0.39, 0.29) is 18.2 Å². The molecule has 1 aliphatic rings. The Bertz CT molecular complexity index is 135. The zero-order chi connectivity index (χ0) is 5.82. The second kappa shape index (κ2) is 4.27. The minimum Gasteiger partial charge on any atom is -0.299 e. The van der Waals surface area contributed by atoms with Crippen LogP contribution >= 0.6 is 12.4 Å². The molecule has 0 saturated heterocycles. The Kier molecular flexibility index (Phi) is 3.97. The van der Waals surface area contributed by atoms with E-state index in [4.69, 9.17) is 0 Å². The fraction of sp³-hybridized carbons (Fsp3) is 0.333. The molecule has 0 unspecified atom stereocenters. The fourth-order valence-corrected chi connectivity index (χ4v) is 0.544. The highest BCUT2D eigenvalue weighted by atomic mass is 35.5. The molecular weight excluding hydrogens is 138 g/mol. The van der Waals surface area contributed by atoms with E-state index in [1.54, 1.807) is 18.5 Å². The Morgan fingerprint density at radius 3 is 3.00 bits per heavy atom. The van der Waals surface area contributed by atoms with Gasteiger partial charge in [0.05, 0.1) is 0 Å². The summed E-state index contributed by atoms with van der Waals surface area (Å²) in [4.78, 5) is 14.3. The van der Waals surface area contributed by atoms with Crippen molar-refractivity contribution in [3.05, 3.63) is 12.3 Å². The first kappa shape index (κ1) is 8.37. The van der Waals surface area contributed by atoms with E-state index >= 15 is 0 Å². The summed E-state index contributed by atoms with van der Waals surface area (Å²) in [5, 5.41) is 0. The molecule has 0 N–H and O–H groups in total. The number of halogens is 1. The highest BCUT2D eigenvalue weighted by Crippen LogP contribution is 1.93. The second-order valence-electron chi connectivity index (χ2n) is 1.66. The van der Waals surface area contributed by atoms with Crippen molar-refractivity contribution in [2.24, 2.45) is 4.99 Å². The van der Waals surface area contributed by atoms with Gasteiger partial charge in [-0.25, -0.2) is 0 Å². The number of rotatable bonds is 0. The quantitative estimate of drug-likeness (QED) is 0.506. The summed E-state index contributed by atoms with van der Waals surface area (Å²) in [6.45, 7) is 0. The van der Waals surface area contributed by atoms with Gasteiger partial charge in [0, 0.05) is 25.3 Å². The average Bonchev–Trinajstić information content (AvgIpc) is 1.94. The summed E-state index contributed by atoms with van der Waals surface area (Å²) in [6.07, 6.45) is 6.09. The van der Waals surface area contributed by atoms with Crippen LogP contribution in [0.3, 0.4) is 0 Å². The van der Waals surface area contributed by atoms with Gasteiger partial charge in [0.2, 0.25) is 0 Å². The highest BCUT2D eigenvalue weighted by Gasteiger charge is 1.96. The van der Waals surface area contributed by atoms with Crippen molar-refractivity contribution in [2.45, 2.75) is 12.8 Å². The lowest BCUT2D eigenvalue weighted by atomic mass is 10.2. The molecule has 0 aromatic heterocycles. The maximum atomic E-state index is 10.5. The Balaban J connectivity index is 0.000000640. The maximum absolute atomic E-state index is 10.5. The summed E-state index contributed by atoms with van der Waals surface area (Å²) < 4.78 is 0. The Hall–Kier alpha value is -0.630. The zero-order valence-electron chi connectivity index (χ0n) is 4.91. The number of carbonyl (C=O) groups is 1. The predicted molar refractivity (Wildman–Crippen MR) is 39.1 cm³/mol. The third kappa shape index (κ3) is 3.03. The monoisotopic (exact) mass is 145 g/mol. The Labute approximate surface area is 60.1 Å². The van der Waals surface area contributed by atoms with E-state index in [1.165, 1.54) is 0 Å². The summed E-state index contributed by atoms with van der Waals surface area (Å²) >= 11 is 0. The van der Waals surface area contributed by atoms with Gasteiger partial charge in [-0.15, -0.1) is 12.4 Å². The van der Waals surface area contributed by atoms with Crippen LogP contribution in [0.5, 0.6) is 0 Å². The van der Waals surface area contributed by atoms with Crippen molar-refractivity contribution in [3.8, 4) is 0 Å². The number of ketones is 1. The van der Waals surface area contributed by atoms with E-state index in [2.05, 4.69) is 4.99 Å². The molecule has 9 heavy (non-hydrogen) atoms. The molecule has 2 nitrogen and oxygen atoms in total. The maximum Gasteiger partial charge on any atom is 0.142 e. The van der Waals surface area contributed by atoms with Gasteiger partial charge in [-0.3, -0.25) is 9.79 Å². The topological polar surface area (TPSA) is 29.4 Å². The second-order valence-corrected chi connectivity index (χ2v) is 1.66. The molecule has 0 radical (unpaired) electrons. The van der Waals surface area contributed by atoms with Crippen LogP contribution in [0.2, 0.25) is 0 Å². The molecule has 50 valence electrons. The molecule has 0 amide bonds. The molecule has 0 aromatic carbocycles. The van der Waals surface area contributed by atoms with Gasteiger partial charge in [0.25, 0.3) is 0 Å². The zero-order valence-corrected chi connectivity index (χ0v) is 5.73. The van der Waals surface area contributed by atoms with Gasteiger partial charge >= 0.3 is 0 Å². The molecule has 0 saturated carbocycles. The molecule has 0 aliphatic carbocycles. The van der Waals surface area contributed by atoms with Crippen molar-refractivity contribution in [2.75, 3.05) is 0 Å². The fourth-order valence-electron chi connectivity index (χ4n) is 0.544. The number of carbonyl (C=O) groups excluding carboxylic acids is 1. The first-order valence-electron chi connectivity index (χ1n) is 2.58. The first-order chi connectivity index (χ1) is 3.89. The normalized spacial score (nSPS) is 16.7. The SMILES string of the molecule is Cl.O=C1CC=CN=CC1. The smallest absolute Gasteiger partial charge is 0.142 e. The number of hydrogen-bond acceptors (Lipinski definition) is 2. The van der Waals surface area contributed by atoms with Gasteiger partial charge in [-0.1, -0.05) is 6.08 Å². The molecule has 0 atom stereocenters. The number of hydrogen-bond donors (Lipinski definition) is 0. The lowest BCUT2D eigenvalue weighted by Gasteiger charge is -1.82. The predicted octanol–water partition coefficient (Wildman–Crippen LogP) is 1.36. The van der Waals surface area contributed by atoms with Crippen molar-refractivity contribution in [1.82, 2.24) is 0 Å². The molecule has 1 aliphatic heterocycles. The summed E-state index contributed by atoms with van der Waals surface area (Å²) in [6, 6.07) is 0. The van der Waals surface area contributed by atoms with Crippen LogP contribution in [0.4, 0.5) is 0 Å². The Morgan fingerprint density at radius 1 is 1.44 bits per heavy atom. The van der Waals surface area contributed by atoms with Gasteiger partial charge < -0.3 is 0 Å². The van der Waals surface area contributed by atoms with E-state index in [9.17, 15) is 4.79 Å². The molecule has 1 heterocycles. The summed E-state index contributed by atoms with van der Waals surface area (Å²) in [5.74, 6) is 0.238. The largest absolute Gasteiger partial charge is 0.299 e. The third-order valence-corrected chi connectivity index (χ3v) is 0.961. The van der Waals surface area contributed by atoms with Crippen molar-refractivity contribution >= 4 is 24.4 Å². The van der Waals surface area contributed by atoms with E-state index in [1.807, 2.05) is 0 Å². The van der Waals surface area contributed by atoms with Gasteiger partial charge in [-0.2, -0.15) is 0 Å². The van der Waals surface area contributed by atoms with Crippen LogP contribution in [0.15, 0.2) is 17.3 Å². The number of aliphatic imine (C=N–C) groups is 1. The first-order valence-corrected chi connectivity index (χ1v) is 2.58. The minimum atomic E-state index is 0. The number of allylic oxidation sites excluding steroid dienone is 1. The van der Waals surface area contributed by atoms with Crippen LogP contribution in [0.25, 0.3) is 0 Å². The van der Waals surface area contributed by atoms with Crippen LogP contribution in [-0.4, -0.2) is 12.0 Å². The highest BCUT2D eigenvalue weighted by molar-refractivity contribution is 5.92.